The Balaban J connectivity index is 1.90. The third-order valence-corrected chi connectivity index (χ3v) is 5.53. The molecule has 5 aromatic rings. The number of halogens is 1. The van der Waals surface area contributed by atoms with E-state index in [1.54, 1.807) is 15.3 Å². The maximum Gasteiger partial charge on any atom is 0.273 e. The standard InChI is InChI=1S/C23H16BrN3O2/c24-17-12-10-16(11-13-17)21-25-22(28)20-18-8-4-5-9-19(18)23(29)26(27(20)21)14-15-6-2-1-3-7-15/h1-13,28H,14H2. The Morgan fingerprint density at radius 3 is 2.24 bits per heavy atom. The molecule has 5 rings (SSSR count). The van der Waals surface area contributed by atoms with E-state index in [1.807, 2.05) is 72.8 Å². The van der Waals surface area contributed by atoms with Crippen LogP contribution in [0.4, 0.5) is 0 Å². The van der Waals surface area contributed by atoms with Crippen molar-refractivity contribution in [1.82, 2.24) is 14.2 Å². The molecule has 29 heavy (non-hydrogen) atoms. The van der Waals surface area contributed by atoms with E-state index < -0.39 is 0 Å². The summed E-state index contributed by atoms with van der Waals surface area (Å²) in [5.74, 6) is 0.421. The largest absolute Gasteiger partial charge is 0.492 e. The summed E-state index contributed by atoms with van der Waals surface area (Å²) in [6, 6.07) is 24.7. The lowest BCUT2D eigenvalue weighted by atomic mass is 10.1. The average Bonchev–Trinajstić information content (AvgIpc) is 3.09. The number of benzene rings is 3. The molecule has 0 fully saturated rings. The van der Waals surface area contributed by atoms with Gasteiger partial charge in [0.15, 0.2) is 5.82 Å². The van der Waals surface area contributed by atoms with Crippen molar-refractivity contribution in [3.05, 3.63) is 99.3 Å². The van der Waals surface area contributed by atoms with Gasteiger partial charge in [0.25, 0.3) is 5.56 Å². The van der Waals surface area contributed by atoms with Gasteiger partial charge in [0.05, 0.1) is 11.9 Å². The van der Waals surface area contributed by atoms with Gasteiger partial charge in [-0.3, -0.25) is 4.79 Å². The molecule has 2 heterocycles. The molecule has 2 aromatic heterocycles. The second kappa shape index (κ2) is 6.90. The van der Waals surface area contributed by atoms with Crippen molar-refractivity contribution in [3.8, 4) is 17.3 Å². The van der Waals surface area contributed by atoms with Crippen LogP contribution in [0.15, 0.2) is 88.1 Å². The maximum absolute atomic E-state index is 13.4. The third kappa shape index (κ3) is 2.93. The van der Waals surface area contributed by atoms with E-state index in [2.05, 4.69) is 20.9 Å². The average molecular weight is 446 g/mol. The van der Waals surface area contributed by atoms with Gasteiger partial charge < -0.3 is 5.11 Å². The van der Waals surface area contributed by atoms with E-state index in [0.717, 1.165) is 15.6 Å². The van der Waals surface area contributed by atoms with Crippen molar-refractivity contribution in [2.24, 2.45) is 0 Å². The highest BCUT2D eigenvalue weighted by atomic mass is 79.9. The van der Waals surface area contributed by atoms with Gasteiger partial charge in [0.1, 0.15) is 5.52 Å². The van der Waals surface area contributed by atoms with Gasteiger partial charge in [-0.2, -0.15) is 4.98 Å². The van der Waals surface area contributed by atoms with Crippen LogP contribution in [0.25, 0.3) is 27.7 Å². The normalized spacial score (nSPS) is 11.3. The van der Waals surface area contributed by atoms with Gasteiger partial charge in [-0.25, -0.2) is 9.20 Å². The van der Waals surface area contributed by atoms with Gasteiger partial charge in [0, 0.05) is 15.4 Å². The number of aromatic hydroxyl groups is 1. The van der Waals surface area contributed by atoms with E-state index in [1.165, 1.54) is 0 Å². The summed E-state index contributed by atoms with van der Waals surface area (Å²) < 4.78 is 4.31. The molecule has 0 aliphatic heterocycles. The first-order chi connectivity index (χ1) is 14.1. The molecule has 0 aliphatic rings. The monoisotopic (exact) mass is 445 g/mol. The van der Waals surface area contributed by atoms with Crippen LogP contribution in [0.2, 0.25) is 0 Å². The Labute approximate surface area is 174 Å². The Morgan fingerprint density at radius 1 is 0.862 bits per heavy atom. The fourth-order valence-electron chi connectivity index (χ4n) is 3.66. The van der Waals surface area contributed by atoms with Gasteiger partial charge in [-0.15, -0.1) is 0 Å². The quantitative estimate of drug-likeness (QED) is 0.432. The van der Waals surface area contributed by atoms with Gasteiger partial charge >= 0.3 is 0 Å². The van der Waals surface area contributed by atoms with Crippen molar-refractivity contribution in [1.29, 1.82) is 0 Å². The predicted octanol–water partition coefficient (Wildman–Crippen LogP) is 4.83. The Bertz CT molecular complexity index is 1400. The summed E-state index contributed by atoms with van der Waals surface area (Å²) in [4.78, 5) is 17.8. The first kappa shape index (κ1) is 17.7. The zero-order chi connectivity index (χ0) is 20.0. The molecule has 0 spiro atoms. The van der Waals surface area contributed by atoms with Gasteiger partial charge in [0.2, 0.25) is 5.88 Å². The van der Waals surface area contributed by atoms with Crippen LogP contribution in [-0.2, 0) is 6.54 Å². The molecule has 142 valence electrons. The minimum absolute atomic E-state index is 0.0964. The highest BCUT2D eigenvalue weighted by Gasteiger charge is 2.20. The summed E-state index contributed by atoms with van der Waals surface area (Å²) in [7, 11) is 0. The number of nitrogens with zero attached hydrogens (tertiary/aromatic N) is 3. The van der Waals surface area contributed by atoms with Crippen LogP contribution >= 0.6 is 15.9 Å². The molecule has 6 heteroatoms. The van der Waals surface area contributed by atoms with Crippen LogP contribution in [0.1, 0.15) is 5.56 Å². The lowest BCUT2D eigenvalue weighted by Crippen LogP contribution is -2.27. The van der Waals surface area contributed by atoms with Crippen molar-refractivity contribution in [2.45, 2.75) is 6.54 Å². The molecule has 0 unspecified atom stereocenters. The molecule has 0 radical (unpaired) electrons. The summed E-state index contributed by atoms with van der Waals surface area (Å²) in [5, 5.41) is 12.0. The smallest absolute Gasteiger partial charge is 0.273 e. The first-order valence-electron chi connectivity index (χ1n) is 9.16. The first-order valence-corrected chi connectivity index (χ1v) is 9.96. The Kier molecular flexibility index (Phi) is 4.21. The van der Waals surface area contributed by atoms with E-state index in [-0.39, 0.29) is 11.4 Å². The molecule has 0 bridgehead atoms. The fourth-order valence-corrected chi connectivity index (χ4v) is 3.93. The number of aromatic nitrogens is 3. The Hall–Kier alpha value is -3.38. The summed E-state index contributed by atoms with van der Waals surface area (Å²) in [6.45, 7) is 0.361. The highest BCUT2D eigenvalue weighted by molar-refractivity contribution is 9.10. The molecule has 0 atom stereocenters. The third-order valence-electron chi connectivity index (χ3n) is 5.00. The molecule has 0 saturated carbocycles. The fraction of sp³-hybridized carbons (Fsp3) is 0.0435. The van der Waals surface area contributed by atoms with Crippen molar-refractivity contribution < 1.29 is 5.11 Å². The molecule has 1 N–H and O–H groups in total. The molecule has 0 aliphatic carbocycles. The summed E-state index contributed by atoms with van der Waals surface area (Å²) >= 11 is 3.44. The lowest BCUT2D eigenvalue weighted by molar-refractivity contribution is 0.462. The maximum atomic E-state index is 13.4. The van der Waals surface area contributed by atoms with Crippen LogP contribution in [0, 0.1) is 0 Å². The zero-order valence-corrected chi connectivity index (χ0v) is 16.9. The minimum Gasteiger partial charge on any atom is -0.492 e. The number of rotatable bonds is 3. The number of hydrogen-bond donors (Lipinski definition) is 1. The zero-order valence-electron chi connectivity index (χ0n) is 15.3. The second-order valence-corrected chi connectivity index (χ2v) is 7.74. The molecule has 0 saturated heterocycles. The van der Waals surface area contributed by atoms with Crippen molar-refractivity contribution >= 4 is 32.2 Å². The molecular formula is C23H16BrN3O2. The van der Waals surface area contributed by atoms with Crippen LogP contribution in [0.5, 0.6) is 5.88 Å². The Morgan fingerprint density at radius 2 is 1.52 bits per heavy atom. The lowest BCUT2D eigenvalue weighted by Gasteiger charge is -2.14. The second-order valence-electron chi connectivity index (χ2n) is 6.82. The topological polar surface area (TPSA) is 59.5 Å². The molecule has 0 amide bonds. The van der Waals surface area contributed by atoms with Gasteiger partial charge in [-0.05, 0) is 23.8 Å². The van der Waals surface area contributed by atoms with Crippen molar-refractivity contribution in [3.63, 3.8) is 0 Å². The van der Waals surface area contributed by atoms with Crippen LogP contribution in [0.3, 0.4) is 0 Å². The summed E-state index contributed by atoms with van der Waals surface area (Å²) in [6.07, 6.45) is 0. The van der Waals surface area contributed by atoms with E-state index >= 15 is 0 Å². The van der Waals surface area contributed by atoms with Gasteiger partial charge in [-0.1, -0.05) is 76.6 Å². The minimum atomic E-state index is -0.132. The molecular weight excluding hydrogens is 430 g/mol. The van der Waals surface area contributed by atoms with E-state index in [4.69, 9.17) is 0 Å². The van der Waals surface area contributed by atoms with E-state index in [0.29, 0.717) is 28.7 Å². The SMILES string of the molecule is O=c1c2ccccc2c2c(O)nc(-c3ccc(Br)cc3)n2n1Cc1ccccc1. The summed E-state index contributed by atoms with van der Waals surface area (Å²) in [5.41, 5.74) is 2.18. The van der Waals surface area contributed by atoms with Crippen molar-refractivity contribution in [2.75, 3.05) is 0 Å². The van der Waals surface area contributed by atoms with Crippen LogP contribution in [-0.4, -0.2) is 19.3 Å². The number of fused-ring (bicyclic) bond motifs is 3. The predicted molar refractivity (Wildman–Crippen MR) is 117 cm³/mol. The molecule has 3 aromatic carbocycles. The highest BCUT2D eigenvalue weighted by Crippen LogP contribution is 2.31. The molecule has 5 nitrogen and oxygen atoms in total. The number of hydrogen-bond acceptors (Lipinski definition) is 3. The number of imidazole rings is 1. The van der Waals surface area contributed by atoms with Crippen LogP contribution < -0.4 is 5.56 Å². The van der Waals surface area contributed by atoms with E-state index in [9.17, 15) is 9.90 Å².